The molecule has 0 aliphatic carbocycles. The fourth-order valence-electron chi connectivity index (χ4n) is 2.16. The van der Waals surface area contributed by atoms with E-state index in [1.165, 1.54) is 7.11 Å². The second kappa shape index (κ2) is 7.33. The molecule has 0 aromatic heterocycles. The van der Waals surface area contributed by atoms with Crippen molar-refractivity contribution >= 4 is 11.9 Å². The van der Waals surface area contributed by atoms with Crippen LogP contribution in [-0.2, 0) is 14.3 Å². The number of rotatable bonds is 7. The average Bonchev–Trinajstić information content (AvgIpc) is 2.74. The van der Waals surface area contributed by atoms with Gasteiger partial charge in [-0.25, -0.2) is 0 Å². The molecule has 18 heavy (non-hydrogen) atoms. The molecule has 1 aliphatic rings. The molecule has 1 atom stereocenters. The predicted molar refractivity (Wildman–Crippen MR) is 66.0 cm³/mol. The van der Waals surface area contributed by atoms with Crippen molar-refractivity contribution in [2.24, 2.45) is 0 Å². The van der Waals surface area contributed by atoms with Gasteiger partial charge in [-0.2, -0.15) is 0 Å². The number of ether oxygens (including phenoxy) is 1. The van der Waals surface area contributed by atoms with Crippen molar-refractivity contribution in [3.8, 4) is 0 Å². The normalized spacial score (nSPS) is 19.7. The number of carbonyl (C=O) groups excluding carboxylic acids is 2. The van der Waals surface area contributed by atoms with E-state index in [0.29, 0.717) is 26.1 Å². The maximum atomic E-state index is 12.1. The summed E-state index contributed by atoms with van der Waals surface area (Å²) in [5.41, 5.74) is 0. The Labute approximate surface area is 107 Å². The Kier molecular flexibility index (Phi) is 6.07. The van der Waals surface area contributed by atoms with Crippen LogP contribution in [0.1, 0.15) is 19.3 Å². The Hall–Kier alpha value is -1.14. The minimum absolute atomic E-state index is 0.0688. The predicted octanol–water partition coefficient (Wildman–Crippen LogP) is -0.535. The van der Waals surface area contributed by atoms with E-state index in [4.69, 9.17) is 5.11 Å². The van der Waals surface area contributed by atoms with Crippen molar-refractivity contribution in [3.63, 3.8) is 0 Å². The van der Waals surface area contributed by atoms with Crippen molar-refractivity contribution in [2.75, 3.05) is 40.4 Å². The van der Waals surface area contributed by atoms with E-state index < -0.39 is 0 Å². The highest BCUT2D eigenvalue weighted by Gasteiger charge is 2.33. The van der Waals surface area contributed by atoms with Crippen LogP contribution in [0.15, 0.2) is 0 Å². The molecule has 0 radical (unpaired) electrons. The molecule has 104 valence electrons. The molecule has 1 saturated heterocycles. The van der Waals surface area contributed by atoms with Gasteiger partial charge in [0.05, 0.1) is 19.6 Å². The largest absolute Gasteiger partial charge is 0.469 e. The molecule has 1 heterocycles. The molecule has 6 heteroatoms. The summed E-state index contributed by atoms with van der Waals surface area (Å²) in [4.78, 5) is 26.8. The lowest BCUT2D eigenvalue weighted by molar-refractivity contribution is -0.141. The zero-order valence-electron chi connectivity index (χ0n) is 11.1. The molecule has 0 bridgehead atoms. The molecular formula is C12H22N2O4. The summed E-state index contributed by atoms with van der Waals surface area (Å²) in [7, 11) is 3.24. The zero-order chi connectivity index (χ0) is 13.5. The number of aliphatic hydroxyl groups is 1. The van der Waals surface area contributed by atoms with Gasteiger partial charge in [0.1, 0.15) is 0 Å². The minimum atomic E-state index is -0.292. The first-order chi connectivity index (χ1) is 8.60. The summed E-state index contributed by atoms with van der Waals surface area (Å²) in [6, 6.07) is -0.116. The molecule has 0 aromatic carbocycles. The summed E-state index contributed by atoms with van der Waals surface area (Å²) in [5.74, 6) is -0.223. The van der Waals surface area contributed by atoms with Crippen LogP contribution in [0.3, 0.4) is 0 Å². The summed E-state index contributed by atoms with van der Waals surface area (Å²) in [6.07, 6.45) is 1.69. The molecule has 6 nitrogen and oxygen atoms in total. The molecule has 1 aliphatic heterocycles. The smallest absolute Gasteiger partial charge is 0.307 e. The monoisotopic (exact) mass is 258 g/mol. The van der Waals surface area contributed by atoms with Crippen LogP contribution < -0.4 is 0 Å². The Balaban J connectivity index is 2.39. The SMILES string of the molecule is COC(=O)CCN1CCC(N(C)CCCO)C1=O. The van der Waals surface area contributed by atoms with Crippen molar-refractivity contribution in [1.82, 2.24) is 9.80 Å². The van der Waals surface area contributed by atoms with Crippen LogP contribution in [0.5, 0.6) is 0 Å². The molecule has 1 N–H and O–H groups in total. The number of likely N-dealkylation sites (tertiary alicyclic amines) is 1. The molecule has 1 amide bonds. The number of hydrogen-bond acceptors (Lipinski definition) is 5. The third kappa shape index (κ3) is 3.96. The van der Waals surface area contributed by atoms with Gasteiger partial charge in [0.15, 0.2) is 0 Å². The Morgan fingerprint density at radius 2 is 2.33 bits per heavy atom. The van der Waals surface area contributed by atoms with Gasteiger partial charge in [-0.05, 0) is 19.9 Å². The molecule has 0 spiro atoms. The molecule has 1 unspecified atom stereocenters. The highest BCUT2D eigenvalue weighted by atomic mass is 16.5. The van der Waals surface area contributed by atoms with E-state index in [1.54, 1.807) is 4.90 Å². The van der Waals surface area contributed by atoms with Gasteiger partial charge < -0.3 is 14.7 Å². The highest BCUT2D eigenvalue weighted by molar-refractivity contribution is 5.84. The van der Waals surface area contributed by atoms with Gasteiger partial charge in [-0.1, -0.05) is 0 Å². The van der Waals surface area contributed by atoms with E-state index in [-0.39, 0.29) is 30.9 Å². The summed E-state index contributed by atoms with van der Waals surface area (Å²) in [6.45, 7) is 1.95. The maximum absolute atomic E-state index is 12.1. The summed E-state index contributed by atoms with van der Waals surface area (Å²) in [5, 5.41) is 8.77. The van der Waals surface area contributed by atoms with Crippen LogP contribution >= 0.6 is 0 Å². The number of amides is 1. The molecule has 1 fully saturated rings. The van der Waals surface area contributed by atoms with Crippen LogP contribution in [0.2, 0.25) is 0 Å². The first kappa shape index (κ1) is 14.9. The second-order valence-electron chi connectivity index (χ2n) is 4.51. The van der Waals surface area contributed by atoms with Gasteiger partial charge >= 0.3 is 5.97 Å². The van der Waals surface area contributed by atoms with Crippen LogP contribution in [0.4, 0.5) is 0 Å². The van der Waals surface area contributed by atoms with Crippen LogP contribution in [0, 0.1) is 0 Å². The number of esters is 1. The van der Waals surface area contributed by atoms with Crippen molar-refractivity contribution < 1.29 is 19.4 Å². The molecule has 0 saturated carbocycles. The third-order valence-electron chi connectivity index (χ3n) is 3.28. The van der Waals surface area contributed by atoms with Gasteiger partial charge in [-0.15, -0.1) is 0 Å². The van der Waals surface area contributed by atoms with E-state index in [0.717, 1.165) is 6.42 Å². The number of likely N-dealkylation sites (N-methyl/N-ethyl adjacent to an activating group) is 1. The molecular weight excluding hydrogens is 236 g/mol. The lowest BCUT2D eigenvalue weighted by atomic mass is 10.2. The van der Waals surface area contributed by atoms with E-state index in [9.17, 15) is 9.59 Å². The van der Waals surface area contributed by atoms with Gasteiger partial charge in [-0.3, -0.25) is 14.5 Å². The van der Waals surface area contributed by atoms with Gasteiger partial charge in [0.2, 0.25) is 5.91 Å². The van der Waals surface area contributed by atoms with Crippen LogP contribution in [-0.4, -0.2) is 73.2 Å². The summed E-state index contributed by atoms with van der Waals surface area (Å²) >= 11 is 0. The third-order valence-corrected chi connectivity index (χ3v) is 3.28. The zero-order valence-corrected chi connectivity index (χ0v) is 11.1. The number of aliphatic hydroxyl groups excluding tert-OH is 1. The summed E-state index contributed by atoms with van der Waals surface area (Å²) < 4.78 is 4.56. The van der Waals surface area contributed by atoms with E-state index >= 15 is 0 Å². The van der Waals surface area contributed by atoms with E-state index in [2.05, 4.69) is 4.74 Å². The van der Waals surface area contributed by atoms with Gasteiger partial charge in [0, 0.05) is 26.2 Å². The average molecular weight is 258 g/mol. The quantitative estimate of drug-likeness (QED) is 0.621. The van der Waals surface area contributed by atoms with Crippen molar-refractivity contribution in [1.29, 1.82) is 0 Å². The number of nitrogens with zero attached hydrogens (tertiary/aromatic N) is 2. The van der Waals surface area contributed by atoms with E-state index in [1.807, 2.05) is 11.9 Å². The van der Waals surface area contributed by atoms with Crippen LogP contribution in [0.25, 0.3) is 0 Å². The lowest BCUT2D eigenvalue weighted by Crippen LogP contribution is -2.40. The van der Waals surface area contributed by atoms with Gasteiger partial charge in [0.25, 0.3) is 0 Å². The first-order valence-corrected chi connectivity index (χ1v) is 6.27. The van der Waals surface area contributed by atoms with Crippen molar-refractivity contribution in [3.05, 3.63) is 0 Å². The fraction of sp³-hybridized carbons (Fsp3) is 0.833. The number of carbonyl (C=O) groups is 2. The topological polar surface area (TPSA) is 70.1 Å². The minimum Gasteiger partial charge on any atom is -0.469 e. The highest BCUT2D eigenvalue weighted by Crippen LogP contribution is 2.16. The number of methoxy groups -OCH3 is 1. The maximum Gasteiger partial charge on any atom is 0.307 e. The molecule has 1 rings (SSSR count). The Morgan fingerprint density at radius 3 is 2.94 bits per heavy atom. The Bertz CT molecular complexity index is 296. The molecule has 0 aromatic rings. The lowest BCUT2D eigenvalue weighted by Gasteiger charge is -2.23. The van der Waals surface area contributed by atoms with Crippen molar-refractivity contribution in [2.45, 2.75) is 25.3 Å². The Morgan fingerprint density at radius 1 is 1.61 bits per heavy atom. The fourth-order valence-corrected chi connectivity index (χ4v) is 2.16. The standard InChI is InChI=1S/C12H22N2O4/c1-13(6-3-9-15)10-4-7-14(12(10)17)8-5-11(16)18-2/h10,15H,3-9H2,1-2H3. The number of hydrogen-bond donors (Lipinski definition) is 1. The first-order valence-electron chi connectivity index (χ1n) is 6.27. The second-order valence-corrected chi connectivity index (χ2v) is 4.51.